The molecular weight excluding hydrogens is 230 g/mol. The van der Waals surface area contributed by atoms with E-state index < -0.39 is 0 Å². The first-order chi connectivity index (χ1) is 8.31. The van der Waals surface area contributed by atoms with Gasteiger partial charge in [0.25, 0.3) is 0 Å². The summed E-state index contributed by atoms with van der Waals surface area (Å²) in [6.07, 6.45) is 3.86. The van der Waals surface area contributed by atoms with Gasteiger partial charge in [0.2, 0.25) is 0 Å². The number of thiophene rings is 1. The Hall–Kier alpha value is -1.03. The van der Waals surface area contributed by atoms with Crippen LogP contribution in [0.5, 0.6) is 0 Å². The van der Waals surface area contributed by atoms with E-state index in [2.05, 4.69) is 34.7 Å². The molecule has 0 aliphatic heterocycles. The molecule has 17 heavy (non-hydrogen) atoms. The third-order valence-corrected chi connectivity index (χ3v) is 4.20. The number of aryl methyl sites for hydroxylation is 1. The number of nitrogens with one attached hydrogen (secondary N) is 2. The predicted octanol–water partition coefficient (Wildman–Crippen LogP) is 2.39. The van der Waals surface area contributed by atoms with E-state index in [1.807, 2.05) is 18.4 Å². The molecule has 1 aromatic rings. The third kappa shape index (κ3) is 4.04. The highest BCUT2D eigenvalue weighted by Gasteiger charge is 2.20. The molecule has 3 nitrogen and oxygen atoms in total. The molecule has 1 aromatic heterocycles. The highest BCUT2D eigenvalue weighted by atomic mass is 32.1. The SMILES string of the molecule is CCc1ccc(CNC(=NC)NCC2CC2)s1. The number of rotatable bonds is 5. The quantitative estimate of drug-likeness (QED) is 0.623. The minimum atomic E-state index is 0.870. The van der Waals surface area contributed by atoms with Crippen molar-refractivity contribution in [1.82, 2.24) is 10.6 Å². The first-order valence-corrected chi connectivity index (χ1v) is 7.15. The van der Waals surface area contributed by atoms with E-state index in [9.17, 15) is 0 Å². The lowest BCUT2D eigenvalue weighted by Crippen LogP contribution is -2.37. The molecular formula is C13H21N3S. The van der Waals surface area contributed by atoms with E-state index in [0.29, 0.717) is 0 Å². The summed E-state index contributed by atoms with van der Waals surface area (Å²) in [4.78, 5) is 7.05. The van der Waals surface area contributed by atoms with Crippen molar-refractivity contribution in [3.63, 3.8) is 0 Å². The maximum atomic E-state index is 4.23. The first-order valence-electron chi connectivity index (χ1n) is 6.34. The average molecular weight is 251 g/mol. The number of nitrogens with zero attached hydrogens (tertiary/aromatic N) is 1. The summed E-state index contributed by atoms with van der Waals surface area (Å²) >= 11 is 1.88. The summed E-state index contributed by atoms with van der Waals surface area (Å²) in [5.74, 6) is 1.80. The van der Waals surface area contributed by atoms with Crippen LogP contribution in [0, 0.1) is 5.92 Å². The van der Waals surface area contributed by atoms with Crippen LogP contribution in [0.15, 0.2) is 17.1 Å². The van der Waals surface area contributed by atoms with Gasteiger partial charge in [0.15, 0.2) is 5.96 Å². The number of hydrogen-bond acceptors (Lipinski definition) is 2. The Bertz CT molecular complexity index is 380. The van der Waals surface area contributed by atoms with Gasteiger partial charge in [0.05, 0.1) is 6.54 Å². The summed E-state index contributed by atoms with van der Waals surface area (Å²) in [6, 6.07) is 4.41. The molecule has 1 saturated carbocycles. The highest BCUT2D eigenvalue weighted by molar-refractivity contribution is 7.11. The molecule has 0 aromatic carbocycles. The van der Waals surface area contributed by atoms with Crippen molar-refractivity contribution in [3.05, 3.63) is 21.9 Å². The predicted molar refractivity (Wildman–Crippen MR) is 74.6 cm³/mol. The zero-order valence-electron chi connectivity index (χ0n) is 10.6. The Balaban J connectivity index is 1.74. The second-order valence-corrected chi connectivity index (χ2v) is 5.72. The van der Waals surface area contributed by atoms with Crippen LogP contribution in [0.3, 0.4) is 0 Å². The molecule has 0 amide bonds. The van der Waals surface area contributed by atoms with Crippen LogP contribution in [0.1, 0.15) is 29.5 Å². The van der Waals surface area contributed by atoms with Crippen molar-refractivity contribution in [2.24, 2.45) is 10.9 Å². The fraction of sp³-hybridized carbons (Fsp3) is 0.615. The van der Waals surface area contributed by atoms with E-state index in [4.69, 9.17) is 0 Å². The maximum absolute atomic E-state index is 4.23. The molecule has 1 fully saturated rings. The van der Waals surface area contributed by atoms with E-state index in [1.54, 1.807) is 0 Å². The van der Waals surface area contributed by atoms with Gasteiger partial charge in [0, 0.05) is 23.3 Å². The molecule has 0 spiro atoms. The van der Waals surface area contributed by atoms with Crippen LogP contribution in [-0.2, 0) is 13.0 Å². The lowest BCUT2D eigenvalue weighted by Gasteiger charge is -2.10. The fourth-order valence-corrected chi connectivity index (χ4v) is 2.56. The van der Waals surface area contributed by atoms with Crippen molar-refractivity contribution >= 4 is 17.3 Å². The monoisotopic (exact) mass is 251 g/mol. The summed E-state index contributed by atoms with van der Waals surface area (Å²) in [5, 5.41) is 6.72. The van der Waals surface area contributed by atoms with Gasteiger partial charge in [0.1, 0.15) is 0 Å². The van der Waals surface area contributed by atoms with Gasteiger partial charge in [-0.1, -0.05) is 6.92 Å². The number of guanidine groups is 1. The maximum Gasteiger partial charge on any atom is 0.191 e. The third-order valence-electron chi connectivity index (χ3n) is 2.97. The van der Waals surface area contributed by atoms with Gasteiger partial charge in [-0.2, -0.15) is 0 Å². The second kappa shape index (κ2) is 6.05. The van der Waals surface area contributed by atoms with Crippen LogP contribution in [0.4, 0.5) is 0 Å². The Kier molecular flexibility index (Phi) is 4.42. The topological polar surface area (TPSA) is 36.4 Å². The molecule has 2 rings (SSSR count). The standard InChI is InChI=1S/C13H21N3S/c1-3-11-6-7-12(17-11)9-16-13(14-2)15-8-10-4-5-10/h6-7,10H,3-5,8-9H2,1-2H3,(H2,14,15,16). The average Bonchev–Trinajstić information content (AvgIpc) is 3.07. The van der Waals surface area contributed by atoms with E-state index in [1.165, 1.54) is 22.6 Å². The summed E-state index contributed by atoms with van der Waals surface area (Å²) in [7, 11) is 1.83. The molecule has 0 unspecified atom stereocenters. The minimum absolute atomic E-state index is 0.870. The molecule has 1 heterocycles. The molecule has 0 atom stereocenters. The molecule has 0 bridgehead atoms. The van der Waals surface area contributed by atoms with Crippen LogP contribution in [-0.4, -0.2) is 19.6 Å². The zero-order valence-corrected chi connectivity index (χ0v) is 11.4. The largest absolute Gasteiger partial charge is 0.356 e. The smallest absolute Gasteiger partial charge is 0.191 e. The fourth-order valence-electron chi connectivity index (χ4n) is 1.66. The number of aliphatic imine (C=N–C) groups is 1. The van der Waals surface area contributed by atoms with Gasteiger partial charge < -0.3 is 10.6 Å². The van der Waals surface area contributed by atoms with Gasteiger partial charge in [-0.3, -0.25) is 4.99 Å². The Morgan fingerprint density at radius 2 is 2.12 bits per heavy atom. The van der Waals surface area contributed by atoms with Crippen molar-refractivity contribution in [2.45, 2.75) is 32.7 Å². The van der Waals surface area contributed by atoms with Gasteiger partial charge in [-0.15, -0.1) is 11.3 Å². The lowest BCUT2D eigenvalue weighted by atomic mass is 10.3. The minimum Gasteiger partial charge on any atom is -0.356 e. The van der Waals surface area contributed by atoms with Crippen molar-refractivity contribution in [1.29, 1.82) is 0 Å². The Morgan fingerprint density at radius 1 is 1.35 bits per heavy atom. The van der Waals surface area contributed by atoms with Gasteiger partial charge >= 0.3 is 0 Å². The Labute approximate surface area is 107 Å². The molecule has 2 N–H and O–H groups in total. The summed E-state index contributed by atoms with van der Waals surface area (Å²) in [5.41, 5.74) is 0. The van der Waals surface area contributed by atoms with E-state index >= 15 is 0 Å². The second-order valence-electron chi connectivity index (χ2n) is 4.47. The summed E-state index contributed by atoms with van der Waals surface area (Å²) < 4.78 is 0. The molecule has 4 heteroatoms. The lowest BCUT2D eigenvalue weighted by molar-refractivity contribution is 0.739. The van der Waals surface area contributed by atoms with Crippen LogP contribution in [0.25, 0.3) is 0 Å². The van der Waals surface area contributed by atoms with Crippen LogP contribution < -0.4 is 10.6 Å². The van der Waals surface area contributed by atoms with Crippen LogP contribution in [0.2, 0.25) is 0 Å². The molecule has 1 aliphatic carbocycles. The van der Waals surface area contributed by atoms with E-state index in [-0.39, 0.29) is 0 Å². The normalized spacial score (nSPS) is 16.0. The molecule has 1 aliphatic rings. The van der Waals surface area contributed by atoms with Crippen molar-refractivity contribution in [2.75, 3.05) is 13.6 Å². The molecule has 94 valence electrons. The highest BCUT2D eigenvalue weighted by Crippen LogP contribution is 2.27. The summed E-state index contributed by atoms with van der Waals surface area (Å²) in [6.45, 7) is 4.12. The van der Waals surface area contributed by atoms with E-state index in [0.717, 1.165) is 31.4 Å². The van der Waals surface area contributed by atoms with Crippen molar-refractivity contribution < 1.29 is 0 Å². The zero-order chi connectivity index (χ0) is 12.1. The van der Waals surface area contributed by atoms with Gasteiger partial charge in [-0.05, 0) is 37.3 Å². The van der Waals surface area contributed by atoms with Crippen LogP contribution >= 0.6 is 11.3 Å². The first kappa shape index (κ1) is 12.4. The van der Waals surface area contributed by atoms with Crippen molar-refractivity contribution in [3.8, 4) is 0 Å². The number of hydrogen-bond donors (Lipinski definition) is 2. The molecule has 0 saturated heterocycles. The van der Waals surface area contributed by atoms with Gasteiger partial charge in [-0.25, -0.2) is 0 Å². The Morgan fingerprint density at radius 3 is 2.71 bits per heavy atom. The molecule has 0 radical (unpaired) electrons.